The Morgan fingerprint density at radius 3 is 2.61 bits per heavy atom. The highest BCUT2D eigenvalue weighted by Crippen LogP contribution is 2.53. The molecule has 3 aliphatic rings. The zero-order valence-corrected chi connectivity index (χ0v) is 19.4. The summed E-state index contributed by atoms with van der Waals surface area (Å²) in [5.74, 6) is 0.309. The first-order valence-corrected chi connectivity index (χ1v) is 11.6. The largest absolute Gasteiger partial charge is 0.434 e. The van der Waals surface area contributed by atoms with Gasteiger partial charge in [0, 0.05) is 4.47 Å². The Balaban J connectivity index is 1.21. The van der Waals surface area contributed by atoms with E-state index >= 15 is 0 Å². The summed E-state index contributed by atoms with van der Waals surface area (Å²) in [5, 5.41) is 2.88. The van der Waals surface area contributed by atoms with Gasteiger partial charge in [-0.05, 0) is 80.7 Å². The summed E-state index contributed by atoms with van der Waals surface area (Å²) in [6.07, 6.45) is 8.41. The van der Waals surface area contributed by atoms with Crippen LogP contribution in [0, 0.1) is 12.3 Å². The predicted molar refractivity (Wildman–Crippen MR) is 123 cm³/mol. The number of pyridine rings is 1. The van der Waals surface area contributed by atoms with Crippen LogP contribution in [0.5, 0.6) is 0 Å². The normalized spacial score (nSPS) is 25.1. The number of oxazole rings is 1. The van der Waals surface area contributed by atoms with Crippen LogP contribution < -0.4 is 5.32 Å². The zero-order chi connectivity index (χ0) is 21.6. The molecule has 3 aromatic rings. The van der Waals surface area contributed by atoms with Crippen LogP contribution in [0.4, 0.5) is 5.69 Å². The second kappa shape index (κ2) is 7.71. The molecule has 0 saturated heterocycles. The van der Waals surface area contributed by atoms with Crippen LogP contribution in [0.15, 0.2) is 39.4 Å². The second-order valence-corrected chi connectivity index (χ2v) is 10.3. The van der Waals surface area contributed by atoms with Crippen molar-refractivity contribution in [1.82, 2.24) is 9.97 Å². The molecule has 31 heavy (non-hydrogen) atoms. The number of hydrogen-bond acceptors (Lipinski definition) is 5. The van der Waals surface area contributed by atoms with E-state index in [1.807, 2.05) is 25.1 Å². The minimum Gasteiger partial charge on any atom is -0.434 e. The molecule has 3 fully saturated rings. The third kappa shape index (κ3) is 4.13. The lowest BCUT2D eigenvalue weighted by atomic mass is 9.59. The molecule has 1 amide bonds. The topological polar surface area (TPSA) is 77.2 Å². The van der Waals surface area contributed by atoms with Crippen LogP contribution in [-0.4, -0.2) is 28.1 Å². The summed E-state index contributed by atoms with van der Waals surface area (Å²) in [4.78, 5) is 21.4. The third-order valence-electron chi connectivity index (χ3n) is 6.97. The highest BCUT2D eigenvalue weighted by molar-refractivity contribution is 9.10. The Morgan fingerprint density at radius 2 is 1.94 bits per heavy atom. The lowest BCUT2D eigenvalue weighted by molar-refractivity contribution is -0.148. The summed E-state index contributed by atoms with van der Waals surface area (Å²) in [5.41, 5.74) is 4.18. The number of nitrogens with zero attached hydrogens (tertiary/aromatic N) is 2. The van der Waals surface area contributed by atoms with E-state index in [9.17, 15) is 4.79 Å². The van der Waals surface area contributed by atoms with Gasteiger partial charge in [0.1, 0.15) is 17.8 Å². The number of ether oxygens (including phenoxy) is 1. The molecule has 3 aliphatic carbocycles. The first-order chi connectivity index (χ1) is 14.8. The number of rotatable bonds is 5. The summed E-state index contributed by atoms with van der Waals surface area (Å²) < 4.78 is 13.0. The number of anilines is 1. The monoisotopic (exact) mass is 483 g/mol. The Bertz CT molecular complexity index is 1110. The Kier molecular flexibility index (Phi) is 5.13. The average molecular weight is 484 g/mol. The molecule has 3 saturated carbocycles. The van der Waals surface area contributed by atoms with Gasteiger partial charge in [-0.2, -0.15) is 0 Å². The van der Waals surface area contributed by atoms with Gasteiger partial charge in [0.2, 0.25) is 11.8 Å². The minimum absolute atomic E-state index is 0.0811. The fourth-order valence-corrected chi connectivity index (χ4v) is 5.39. The summed E-state index contributed by atoms with van der Waals surface area (Å²) >= 11 is 3.48. The average Bonchev–Trinajstić information content (AvgIpc) is 3.18. The second-order valence-electron chi connectivity index (χ2n) is 9.35. The molecule has 1 N–H and O–H groups in total. The molecule has 7 heteroatoms. The van der Waals surface area contributed by atoms with Gasteiger partial charge in [0.15, 0.2) is 5.58 Å². The van der Waals surface area contributed by atoms with Gasteiger partial charge in [-0.15, -0.1) is 0 Å². The molecular formula is C24H26BrN3O3. The molecule has 0 aliphatic heterocycles. The third-order valence-corrected chi connectivity index (χ3v) is 7.43. The standard InChI is InChI=1S/C24H26BrN3O3/c1-15-11-16(25)12-19-21(15)31-22(28-19)18-4-3-17(13-26-18)27-20(29)14-30-24-8-5-23(2,6-9-24)7-10-24/h3-4,11-13H,5-10,14H2,1-2H3,(H,27,29). The van der Waals surface area contributed by atoms with Gasteiger partial charge >= 0.3 is 0 Å². The molecule has 0 atom stereocenters. The molecule has 2 bridgehead atoms. The van der Waals surface area contributed by atoms with Crippen molar-refractivity contribution in [2.75, 3.05) is 11.9 Å². The highest BCUT2D eigenvalue weighted by Gasteiger charge is 2.47. The van der Waals surface area contributed by atoms with Crippen molar-refractivity contribution in [1.29, 1.82) is 0 Å². The minimum atomic E-state index is -0.148. The number of benzene rings is 1. The Hall–Kier alpha value is -2.25. The molecule has 0 spiro atoms. The van der Waals surface area contributed by atoms with E-state index in [0.717, 1.165) is 40.4 Å². The van der Waals surface area contributed by atoms with Crippen molar-refractivity contribution in [3.05, 3.63) is 40.5 Å². The number of carbonyl (C=O) groups excluding carboxylic acids is 1. The van der Waals surface area contributed by atoms with Gasteiger partial charge in [-0.1, -0.05) is 22.9 Å². The number of hydrogen-bond donors (Lipinski definition) is 1. The smallest absolute Gasteiger partial charge is 0.250 e. The molecule has 6 nitrogen and oxygen atoms in total. The van der Waals surface area contributed by atoms with E-state index in [1.54, 1.807) is 12.3 Å². The molecular weight excluding hydrogens is 458 g/mol. The van der Waals surface area contributed by atoms with Gasteiger partial charge in [-0.3, -0.25) is 4.79 Å². The fraction of sp³-hybridized carbons (Fsp3) is 0.458. The van der Waals surface area contributed by atoms with E-state index in [2.05, 4.69) is 38.1 Å². The van der Waals surface area contributed by atoms with Gasteiger partial charge in [-0.25, -0.2) is 9.97 Å². The summed E-state index contributed by atoms with van der Waals surface area (Å²) in [6, 6.07) is 7.52. The molecule has 0 unspecified atom stereocenters. The van der Waals surface area contributed by atoms with E-state index < -0.39 is 0 Å². The number of aromatic nitrogens is 2. The number of nitrogens with one attached hydrogen (secondary N) is 1. The van der Waals surface area contributed by atoms with Crippen LogP contribution in [-0.2, 0) is 9.53 Å². The van der Waals surface area contributed by atoms with E-state index in [4.69, 9.17) is 9.15 Å². The molecule has 162 valence electrons. The van der Waals surface area contributed by atoms with Gasteiger partial charge < -0.3 is 14.5 Å². The summed E-state index contributed by atoms with van der Waals surface area (Å²) in [7, 11) is 0. The van der Waals surface area contributed by atoms with Crippen molar-refractivity contribution in [2.45, 2.75) is 58.0 Å². The maximum atomic E-state index is 12.4. The van der Waals surface area contributed by atoms with Crippen molar-refractivity contribution < 1.29 is 13.9 Å². The Labute approximate surface area is 189 Å². The molecule has 1 aromatic carbocycles. The van der Waals surface area contributed by atoms with Gasteiger partial charge in [0.05, 0.1) is 17.5 Å². The molecule has 6 rings (SSSR count). The molecule has 0 radical (unpaired) electrons. The lowest BCUT2D eigenvalue weighted by Crippen LogP contribution is -2.47. The molecule has 2 aromatic heterocycles. The number of halogens is 1. The maximum Gasteiger partial charge on any atom is 0.250 e. The number of carbonyl (C=O) groups is 1. The van der Waals surface area contributed by atoms with Crippen LogP contribution in [0.1, 0.15) is 51.0 Å². The van der Waals surface area contributed by atoms with Crippen LogP contribution in [0.25, 0.3) is 22.7 Å². The summed E-state index contributed by atoms with van der Waals surface area (Å²) in [6.45, 7) is 4.44. The first-order valence-electron chi connectivity index (χ1n) is 10.8. The maximum absolute atomic E-state index is 12.4. The van der Waals surface area contributed by atoms with Gasteiger partial charge in [0.25, 0.3) is 0 Å². The lowest BCUT2D eigenvalue weighted by Gasteiger charge is -2.51. The SMILES string of the molecule is Cc1cc(Br)cc2nc(-c3ccc(NC(=O)COC45CCC(C)(CC4)CC5)cn3)oc12. The van der Waals surface area contributed by atoms with Crippen LogP contribution in [0.3, 0.4) is 0 Å². The van der Waals surface area contributed by atoms with E-state index in [-0.39, 0.29) is 18.1 Å². The van der Waals surface area contributed by atoms with Crippen molar-refractivity contribution in [3.8, 4) is 11.6 Å². The van der Waals surface area contributed by atoms with Crippen molar-refractivity contribution in [2.24, 2.45) is 5.41 Å². The number of aryl methyl sites for hydroxylation is 1. The molecule has 2 heterocycles. The fourth-order valence-electron chi connectivity index (χ4n) is 4.83. The van der Waals surface area contributed by atoms with E-state index in [0.29, 0.717) is 22.7 Å². The number of fused-ring (bicyclic) bond motifs is 4. The first kappa shape index (κ1) is 20.6. The van der Waals surface area contributed by atoms with Crippen LogP contribution in [0.2, 0.25) is 0 Å². The van der Waals surface area contributed by atoms with Crippen molar-refractivity contribution >= 4 is 38.6 Å². The van der Waals surface area contributed by atoms with E-state index in [1.165, 1.54) is 19.3 Å². The predicted octanol–water partition coefficient (Wildman–Crippen LogP) is 6.03. The Morgan fingerprint density at radius 1 is 1.19 bits per heavy atom. The quantitative estimate of drug-likeness (QED) is 0.479. The zero-order valence-electron chi connectivity index (χ0n) is 17.8. The number of amides is 1. The van der Waals surface area contributed by atoms with Crippen LogP contribution >= 0.6 is 15.9 Å². The van der Waals surface area contributed by atoms with Crippen molar-refractivity contribution in [3.63, 3.8) is 0 Å². The highest BCUT2D eigenvalue weighted by atomic mass is 79.9.